The number of rotatable bonds is 0. The molecule has 2 heterocycles. The number of amides is 1. The fourth-order valence-electron chi connectivity index (χ4n) is 2.75. The summed E-state index contributed by atoms with van der Waals surface area (Å²) in [6, 6.07) is 4.85. The first-order chi connectivity index (χ1) is 8.27. The molecule has 1 fully saturated rings. The summed E-state index contributed by atoms with van der Waals surface area (Å²) in [6.07, 6.45) is 4.14. The number of hydrogen-bond donors (Lipinski definition) is 1. The summed E-state index contributed by atoms with van der Waals surface area (Å²) in [6.45, 7) is 0.842. The lowest BCUT2D eigenvalue weighted by Crippen LogP contribution is -2.47. The van der Waals surface area contributed by atoms with E-state index in [4.69, 9.17) is 0 Å². The minimum Gasteiger partial charge on any atom is -0.358 e. The second kappa shape index (κ2) is 4.02. The van der Waals surface area contributed by atoms with Gasteiger partial charge in [-0.1, -0.05) is 18.9 Å². The van der Waals surface area contributed by atoms with Crippen LogP contribution < -0.4 is 10.2 Å². The molecule has 0 spiro atoms. The number of hydrogen-bond acceptors (Lipinski definition) is 2. The highest BCUT2D eigenvalue weighted by Crippen LogP contribution is 2.36. The summed E-state index contributed by atoms with van der Waals surface area (Å²) in [5.41, 5.74) is 1.17. The highest BCUT2D eigenvalue weighted by atomic mass is 19.1. The largest absolute Gasteiger partial charge is 0.358 e. The molecule has 0 radical (unpaired) electrons. The Morgan fingerprint density at radius 1 is 1.29 bits per heavy atom. The zero-order valence-electron chi connectivity index (χ0n) is 9.58. The van der Waals surface area contributed by atoms with Crippen molar-refractivity contribution in [3.63, 3.8) is 0 Å². The maximum absolute atomic E-state index is 13.7. The van der Waals surface area contributed by atoms with Gasteiger partial charge in [0.25, 0.3) is 0 Å². The van der Waals surface area contributed by atoms with Gasteiger partial charge >= 0.3 is 0 Å². The normalized spacial score (nSPS) is 23.5. The van der Waals surface area contributed by atoms with Crippen molar-refractivity contribution in [1.29, 1.82) is 0 Å². The van der Waals surface area contributed by atoms with Gasteiger partial charge in [0.1, 0.15) is 17.5 Å². The van der Waals surface area contributed by atoms with E-state index < -0.39 is 0 Å². The van der Waals surface area contributed by atoms with Crippen LogP contribution in [0.3, 0.4) is 0 Å². The van der Waals surface area contributed by atoms with Crippen LogP contribution in [0.1, 0.15) is 25.7 Å². The molecule has 2 aliphatic rings. The maximum Gasteiger partial charge on any atom is 0.247 e. The minimum absolute atomic E-state index is 0.0653. The third-order valence-corrected chi connectivity index (χ3v) is 3.60. The monoisotopic (exact) mass is 234 g/mol. The Balaban J connectivity index is 2.07. The van der Waals surface area contributed by atoms with Gasteiger partial charge in [-0.05, 0) is 25.0 Å². The predicted octanol–water partition coefficient (Wildman–Crippen LogP) is 2.53. The van der Waals surface area contributed by atoms with Crippen molar-refractivity contribution >= 4 is 17.3 Å². The Bertz CT molecular complexity index is 461. The number of anilines is 2. The van der Waals surface area contributed by atoms with E-state index in [1.165, 1.54) is 6.07 Å². The zero-order chi connectivity index (χ0) is 11.8. The lowest BCUT2D eigenvalue weighted by Gasteiger charge is -2.36. The molecule has 1 saturated heterocycles. The SMILES string of the molecule is O=C1Nc2c(F)cccc2N2CCCCCC12. The number of halogens is 1. The van der Waals surface area contributed by atoms with E-state index in [1.807, 2.05) is 6.07 Å². The highest BCUT2D eigenvalue weighted by Gasteiger charge is 2.34. The summed E-state index contributed by atoms with van der Waals surface area (Å²) in [4.78, 5) is 14.0. The van der Waals surface area contributed by atoms with Gasteiger partial charge in [-0.3, -0.25) is 4.79 Å². The number of para-hydroxylation sites is 1. The number of carbonyl (C=O) groups excluding carboxylic acids is 1. The molecular formula is C13H15FN2O. The molecule has 1 aromatic carbocycles. The Labute approximate surface area is 99.6 Å². The quantitative estimate of drug-likeness (QED) is 0.748. The molecule has 4 heteroatoms. The topological polar surface area (TPSA) is 32.3 Å². The average molecular weight is 234 g/mol. The van der Waals surface area contributed by atoms with E-state index in [9.17, 15) is 9.18 Å². The summed E-state index contributed by atoms with van der Waals surface area (Å²) >= 11 is 0. The summed E-state index contributed by atoms with van der Waals surface area (Å²) in [5.74, 6) is -0.414. The van der Waals surface area contributed by atoms with Crippen molar-refractivity contribution in [1.82, 2.24) is 0 Å². The number of nitrogens with one attached hydrogen (secondary N) is 1. The van der Waals surface area contributed by atoms with Crippen LogP contribution in [0.15, 0.2) is 18.2 Å². The van der Waals surface area contributed by atoms with E-state index >= 15 is 0 Å². The van der Waals surface area contributed by atoms with Crippen LogP contribution in [-0.4, -0.2) is 18.5 Å². The van der Waals surface area contributed by atoms with Gasteiger partial charge in [0.05, 0.1) is 5.69 Å². The molecule has 1 amide bonds. The zero-order valence-corrected chi connectivity index (χ0v) is 9.58. The first-order valence-corrected chi connectivity index (χ1v) is 6.13. The highest BCUT2D eigenvalue weighted by molar-refractivity contribution is 6.03. The molecule has 0 saturated carbocycles. The lowest BCUT2D eigenvalue weighted by molar-refractivity contribution is -0.117. The first-order valence-electron chi connectivity index (χ1n) is 6.13. The summed E-state index contributed by atoms with van der Waals surface area (Å²) in [5, 5.41) is 2.70. The molecule has 1 aromatic rings. The molecule has 0 aromatic heterocycles. The van der Waals surface area contributed by atoms with Crippen molar-refractivity contribution in [2.75, 3.05) is 16.8 Å². The molecule has 3 nitrogen and oxygen atoms in total. The number of nitrogens with zero attached hydrogens (tertiary/aromatic N) is 1. The summed E-state index contributed by atoms with van der Waals surface area (Å²) < 4.78 is 13.7. The van der Waals surface area contributed by atoms with Crippen molar-refractivity contribution < 1.29 is 9.18 Å². The molecule has 3 rings (SSSR count). The van der Waals surface area contributed by atoms with Gasteiger partial charge in [-0.25, -0.2) is 4.39 Å². The molecule has 1 N–H and O–H groups in total. The van der Waals surface area contributed by atoms with E-state index in [0.717, 1.165) is 37.9 Å². The Morgan fingerprint density at radius 2 is 2.18 bits per heavy atom. The summed E-state index contributed by atoms with van der Waals surface area (Å²) in [7, 11) is 0. The van der Waals surface area contributed by atoms with Gasteiger partial charge in [-0.2, -0.15) is 0 Å². The fraction of sp³-hybridized carbons (Fsp3) is 0.462. The van der Waals surface area contributed by atoms with Crippen LogP contribution >= 0.6 is 0 Å². The first kappa shape index (κ1) is 10.6. The van der Waals surface area contributed by atoms with E-state index in [0.29, 0.717) is 5.69 Å². The molecule has 1 atom stereocenters. The van der Waals surface area contributed by atoms with E-state index in [-0.39, 0.29) is 17.8 Å². The van der Waals surface area contributed by atoms with Crippen LogP contribution in [0, 0.1) is 5.82 Å². The Hall–Kier alpha value is -1.58. The van der Waals surface area contributed by atoms with Crippen LogP contribution in [0.5, 0.6) is 0 Å². The smallest absolute Gasteiger partial charge is 0.247 e. The molecule has 2 aliphatic heterocycles. The van der Waals surface area contributed by atoms with Gasteiger partial charge in [0.15, 0.2) is 0 Å². The number of carbonyl (C=O) groups is 1. The van der Waals surface area contributed by atoms with Crippen LogP contribution in [0.2, 0.25) is 0 Å². The molecule has 90 valence electrons. The van der Waals surface area contributed by atoms with Crippen molar-refractivity contribution in [2.24, 2.45) is 0 Å². The molecule has 0 bridgehead atoms. The Kier molecular flexibility index (Phi) is 2.50. The van der Waals surface area contributed by atoms with Gasteiger partial charge in [0, 0.05) is 6.54 Å². The average Bonchev–Trinajstić information content (AvgIpc) is 2.57. The third-order valence-electron chi connectivity index (χ3n) is 3.60. The fourth-order valence-corrected chi connectivity index (χ4v) is 2.75. The van der Waals surface area contributed by atoms with E-state index in [1.54, 1.807) is 6.07 Å². The van der Waals surface area contributed by atoms with Crippen LogP contribution in [-0.2, 0) is 4.79 Å². The molecule has 17 heavy (non-hydrogen) atoms. The van der Waals surface area contributed by atoms with Gasteiger partial charge in [-0.15, -0.1) is 0 Å². The molecule has 0 aliphatic carbocycles. The van der Waals surface area contributed by atoms with Crippen LogP contribution in [0.25, 0.3) is 0 Å². The lowest BCUT2D eigenvalue weighted by atomic mass is 10.0. The van der Waals surface area contributed by atoms with Crippen molar-refractivity contribution in [3.05, 3.63) is 24.0 Å². The Morgan fingerprint density at radius 3 is 3.06 bits per heavy atom. The standard InChI is InChI=1S/C13H15FN2O/c14-9-5-4-7-10-12(9)15-13(17)11-6-2-1-3-8-16(10)11/h4-5,7,11H,1-3,6,8H2,(H,15,17). The van der Waals surface area contributed by atoms with E-state index in [2.05, 4.69) is 10.2 Å². The predicted molar refractivity (Wildman–Crippen MR) is 64.6 cm³/mol. The third kappa shape index (κ3) is 1.68. The molecule has 1 unspecified atom stereocenters. The minimum atomic E-state index is -0.349. The second-order valence-corrected chi connectivity index (χ2v) is 4.68. The number of fused-ring (bicyclic) bond motifs is 3. The molecular weight excluding hydrogens is 219 g/mol. The second-order valence-electron chi connectivity index (χ2n) is 4.68. The van der Waals surface area contributed by atoms with Crippen LogP contribution in [0.4, 0.5) is 15.8 Å². The number of benzene rings is 1. The van der Waals surface area contributed by atoms with Crippen molar-refractivity contribution in [2.45, 2.75) is 31.7 Å². The maximum atomic E-state index is 13.7. The van der Waals surface area contributed by atoms with Crippen molar-refractivity contribution in [3.8, 4) is 0 Å². The van der Waals surface area contributed by atoms with Gasteiger partial charge in [0.2, 0.25) is 5.91 Å². The van der Waals surface area contributed by atoms with Gasteiger partial charge < -0.3 is 10.2 Å².